The second kappa shape index (κ2) is 6.39. The van der Waals surface area contributed by atoms with Crippen LogP contribution >= 0.6 is 0 Å². The maximum atomic E-state index is 12.3. The lowest BCUT2D eigenvalue weighted by atomic mass is 10.0. The van der Waals surface area contributed by atoms with E-state index in [1.807, 2.05) is 0 Å². The number of hydrogen-bond donors (Lipinski definition) is 1. The van der Waals surface area contributed by atoms with Crippen LogP contribution in [-0.2, 0) is 4.79 Å². The van der Waals surface area contributed by atoms with Crippen molar-refractivity contribution in [2.45, 2.75) is 57.9 Å². The Hall–Kier alpha value is -0.570. The number of carbonyl (C=O) groups excluding carboxylic acids is 1. The standard InChI is InChI=1S/C14H26N2O/c1-2-16(13-8-5-9-15-11-13)14(17)10-12-6-3-4-7-12/h12-13,15H,2-11H2,1H3. The summed E-state index contributed by atoms with van der Waals surface area (Å²) in [4.78, 5) is 14.4. The van der Waals surface area contributed by atoms with E-state index in [-0.39, 0.29) is 0 Å². The Balaban J connectivity index is 1.84. The summed E-state index contributed by atoms with van der Waals surface area (Å²) in [6.07, 6.45) is 8.38. The molecule has 1 saturated carbocycles. The summed E-state index contributed by atoms with van der Waals surface area (Å²) in [7, 11) is 0. The Bertz CT molecular complexity index is 243. The fourth-order valence-corrected chi connectivity index (χ4v) is 3.32. The number of rotatable bonds is 4. The van der Waals surface area contributed by atoms with E-state index in [1.54, 1.807) is 0 Å². The van der Waals surface area contributed by atoms with Gasteiger partial charge in [0.05, 0.1) is 0 Å². The average molecular weight is 238 g/mol. The molecule has 0 aromatic heterocycles. The second-order valence-corrected chi connectivity index (χ2v) is 5.53. The molecule has 98 valence electrons. The van der Waals surface area contributed by atoms with Crippen molar-refractivity contribution >= 4 is 5.91 Å². The van der Waals surface area contributed by atoms with E-state index in [4.69, 9.17) is 0 Å². The molecule has 2 rings (SSSR count). The summed E-state index contributed by atoms with van der Waals surface area (Å²) in [5, 5.41) is 3.40. The Kier molecular flexibility index (Phi) is 4.84. The molecule has 0 radical (unpaired) electrons. The lowest BCUT2D eigenvalue weighted by molar-refractivity contribution is -0.134. The van der Waals surface area contributed by atoms with Crippen molar-refractivity contribution in [3.63, 3.8) is 0 Å². The SMILES string of the molecule is CCN(C(=O)CC1CCCC1)C1CCCNC1. The Morgan fingerprint density at radius 2 is 2.00 bits per heavy atom. The molecule has 1 aliphatic heterocycles. The highest BCUT2D eigenvalue weighted by molar-refractivity contribution is 5.76. The number of carbonyl (C=O) groups is 1. The molecule has 0 aromatic carbocycles. The van der Waals surface area contributed by atoms with E-state index in [9.17, 15) is 4.79 Å². The molecule has 1 saturated heterocycles. The Morgan fingerprint density at radius 3 is 2.59 bits per heavy atom. The number of hydrogen-bond acceptors (Lipinski definition) is 2. The molecule has 1 heterocycles. The van der Waals surface area contributed by atoms with Crippen LogP contribution in [-0.4, -0.2) is 36.5 Å². The largest absolute Gasteiger partial charge is 0.339 e. The zero-order valence-corrected chi connectivity index (χ0v) is 11.1. The fourth-order valence-electron chi connectivity index (χ4n) is 3.32. The topological polar surface area (TPSA) is 32.3 Å². The minimum Gasteiger partial charge on any atom is -0.339 e. The van der Waals surface area contributed by atoms with E-state index in [1.165, 1.54) is 38.5 Å². The Morgan fingerprint density at radius 1 is 1.24 bits per heavy atom. The predicted molar refractivity (Wildman–Crippen MR) is 69.9 cm³/mol. The summed E-state index contributed by atoms with van der Waals surface area (Å²) >= 11 is 0. The van der Waals surface area contributed by atoms with Crippen LogP contribution in [0.2, 0.25) is 0 Å². The van der Waals surface area contributed by atoms with Crippen LogP contribution in [0.3, 0.4) is 0 Å². The number of piperidine rings is 1. The molecule has 1 atom stereocenters. The summed E-state index contributed by atoms with van der Waals surface area (Å²) in [6, 6.07) is 0.447. The lowest BCUT2D eigenvalue weighted by Gasteiger charge is -2.34. The van der Waals surface area contributed by atoms with Gasteiger partial charge in [-0.1, -0.05) is 12.8 Å². The van der Waals surface area contributed by atoms with E-state index in [2.05, 4.69) is 17.1 Å². The highest BCUT2D eigenvalue weighted by atomic mass is 16.2. The number of nitrogens with one attached hydrogen (secondary N) is 1. The maximum absolute atomic E-state index is 12.3. The van der Waals surface area contributed by atoms with Gasteiger partial charge in [-0.15, -0.1) is 0 Å². The van der Waals surface area contributed by atoms with Gasteiger partial charge in [-0.05, 0) is 45.1 Å². The molecule has 3 heteroatoms. The van der Waals surface area contributed by atoms with Gasteiger partial charge >= 0.3 is 0 Å². The zero-order valence-electron chi connectivity index (χ0n) is 11.1. The molecule has 0 bridgehead atoms. The normalized spacial score (nSPS) is 26.1. The van der Waals surface area contributed by atoms with Gasteiger partial charge in [0.1, 0.15) is 0 Å². The van der Waals surface area contributed by atoms with Crippen molar-refractivity contribution in [2.75, 3.05) is 19.6 Å². The first-order valence-corrected chi connectivity index (χ1v) is 7.31. The summed E-state index contributed by atoms with van der Waals surface area (Å²) in [5.41, 5.74) is 0. The molecule has 2 aliphatic rings. The number of likely N-dealkylation sites (N-methyl/N-ethyl adjacent to an activating group) is 1. The van der Waals surface area contributed by atoms with Gasteiger partial charge in [-0.25, -0.2) is 0 Å². The highest BCUT2D eigenvalue weighted by Crippen LogP contribution is 2.28. The van der Waals surface area contributed by atoms with E-state index >= 15 is 0 Å². The van der Waals surface area contributed by atoms with Crippen molar-refractivity contribution < 1.29 is 4.79 Å². The van der Waals surface area contributed by atoms with Gasteiger partial charge < -0.3 is 10.2 Å². The van der Waals surface area contributed by atoms with Gasteiger partial charge in [0, 0.05) is 25.6 Å². The first-order chi connectivity index (χ1) is 8.31. The van der Waals surface area contributed by atoms with Crippen LogP contribution in [0.25, 0.3) is 0 Å². The molecule has 3 nitrogen and oxygen atoms in total. The van der Waals surface area contributed by atoms with Crippen LogP contribution in [0.15, 0.2) is 0 Å². The number of amides is 1. The van der Waals surface area contributed by atoms with Crippen LogP contribution in [0.5, 0.6) is 0 Å². The minimum absolute atomic E-state index is 0.396. The van der Waals surface area contributed by atoms with Crippen LogP contribution in [0.4, 0.5) is 0 Å². The Labute approximate surface area is 105 Å². The molecular weight excluding hydrogens is 212 g/mol. The van der Waals surface area contributed by atoms with Crippen LogP contribution < -0.4 is 5.32 Å². The van der Waals surface area contributed by atoms with Crippen molar-refractivity contribution in [1.82, 2.24) is 10.2 Å². The molecule has 17 heavy (non-hydrogen) atoms. The van der Waals surface area contributed by atoms with Crippen LogP contribution in [0, 0.1) is 5.92 Å². The van der Waals surface area contributed by atoms with Gasteiger partial charge in [0.15, 0.2) is 0 Å². The second-order valence-electron chi connectivity index (χ2n) is 5.53. The minimum atomic E-state index is 0.396. The van der Waals surface area contributed by atoms with Crippen LogP contribution in [0.1, 0.15) is 51.9 Å². The van der Waals surface area contributed by atoms with E-state index in [0.717, 1.165) is 26.1 Å². The number of nitrogens with zero attached hydrogens (tertiary/aromatic N) is 1. The van der Waals surface area contributed by atoms with Gasteiger partial charge in [-0.3, -0.25) is 4.79 Å². The maximum Gasteiger partial charge on any atom is 0.223 e. The summed E-state index contributed by atoms with van der Waals surface area (Å²) < 4.78 is 0. The molecule has 2 fully saturated rings. The lowest BCUT2D eigenvalue weighted by Crippen LogP contribution is -2.48. The quantitative estimate of drug-likeness (QED) is 0.814. The highest BCUT2D eigenvalue weighted by Gasteiger charge is 2.26. The third-order valence-corrected chi connectivity index (χ3v) is 4.31. The van der Waals surface area contributed by atoms with Gasteiger partial charge in [0.2, 0.25) is 5.91 Å². The third-order valence-electron chi connectivity index (χ3n) is 4.31. The smallest absolute Gasteiger partial charge is 0.223 e. The molecule has 1 aliphatic carbocycles. The van der Waals surface area contributed by atoms with Gasteiger partial charge in [-0.2, -0.15) is 0 Å². The molecule has 1 N–H and O–H groups in total. The molecule has 0 aromatic rings. The fraction of sp³-hybridized carbons (Fsp3) is 0.929. The average Bonchev–Trinajstić information content (AvgIpc) is 2.84. The molecular formula is C14H26N2O. The monoisotopic (exact) mass is 238 g/mol. The van der Waals surface area contributed by atoms with Crippen molar-refractivity contribution in [2.24, 2.45) is 5.92 Å². The predicted octanol–water partition coefficient (Wildman–Crippen LogP) is 2.17. The van der Waals surface area contributed by atoms with Crippen molar-refractivity contribution in [3.8, 4) is 0 Å². The first kappa shape index (κ1) is 12.9. The van der Waals surface area contributed by atoms with Crippen molar-refractivity contribution in [1.29, 1.82) is 0 Å². The third kappa shape index (κ3) is 3.44. The molecule has 0 spiro atoms. The summed E-state index contributed by atoms with van der Waals surface area (Å²) in [6.45, 7) is 5.09. The first-order valence-electron chi connectivity index (χ1n) is 7.31. The summed E-state index contributed by atoms with van der Waals surface area (Å²) in [5.74, 6) is 1.07. The van der Waals surface area contributed by atoms with E-state index < -0.39 is 0 Å². The van der Waals surface area contributed by atoms with Gasteiger partial charge in [0.25, 0.3) is 0 Å². The molecule has 1 amide bonds. The molecule has 1 unspecified atom stereocenters. The zero-order chi connectivity index (χ0) is 12.1. The van der Waals surface area contributed by atoms with E-state index in [0.29, 0.717) is 17.9 Å². The van der Waals surface area contributed by atoms with Crippen molar-refractivity contribution in [3.05, 3.63) is 0 Å².